The number of carbonyl (C=O) groups excluding carboxylic acids is 2. The van der Waals surface area contributed by atoms with Crippen LogP contribution in [0.1, 0.15) is 28.7 Å². The van der Waals surface area contributed by atoms with Crippen LogP contribution in [-0.2, 0) is 22.7 Å². The number of amides is 2. The van der Waals surface area contributed by atoms with Gasteiger partial charge in [-0.15, -0.1) is 0 Å². The smallest absolute Gasteiger partial charge is 0.224 e. The van der Waals surface area contributed by atoms with Gasteiger partial charge >= 0.3 is 0 Å². The highest BCUT2D eigenvalue weighted by Crippen LogP contribution is 2.38. The molecule has 3 rings (SSSR count). The van der Waals surface area contributed by atoms with Gasteiger partial charge in [-0.1, -0.05) is 59.7 Å². The SMILES string of the molecule is Cc1ccc(CNC(=O)C2CC2C(=O)NCc2ccc(C)cc2)cc1. The van der Waals surface area contributed by atoms with E-state index in [1.165, 1.54) is 11.1 Å². The summed E-state index contributed by atoms with van der Waals surface area (Å²) in [7, 11) is 0. The quantitative estimate of drug-likeness (QED) is 0.852. The van der Waals surface area contributed by atoms with E-state index in [-0.39, 0.29) is 23.7 Å². The first kappa shape index (κ1) is 17.2. The second-order valence-corrected chi connectivity index (χ2v) is 6.86. The van der Waals surface area contributed by atoms with E-state index in [2.05, 4.69) is 10.6 Å². The predicted molar refractivity (Wildman–Crippen MR) is 97.6 cm³/mol. The second kappa shape index (κ2) is 7.51. The fourth-order valence-electron chi connectivity index (χ4n) is 2.83. The van der Waals surface area contributed by atoms with E-state index in [1.54, 1.807) is 0 Å². The molecule has 0 heterocycles. The van der Waals surface area contributed by atoms with Gasteiger partial charge in [0.1, 0.15) is 0 Å². The first-order chi connectivity index (χ1) is 12.0. The van der Waals surface area contributed by atoms with Crippen molar-refractivity contribution in [2.75, 3.05) is 0 Å². The zero-order valence-electron chi connectivity index (χ0n) is 14.7. The van der Waals surface area contributed by atoms with Crippen molar-refractivity contribution >= 4 is 11.8 Å². The molecule has 2 N–H and O–H groups in total. The number of nitrogens with one attached hydrogen (secondary N) is 2. The Hall–Kier alpha value is -2.62. The summed E-state index contributed by atoms with van der Waals surface area (Å²) in [6, 6.07) is 16.1. The van der Waals surface area contributed by atoms with Crippen LogP contribution in [0.2, 0.25) is 0 Å². The van der Waals surface area contributed by atoms with E-state index in [9.17, 15) is 9.59 Å². The summed E-state index contributed by atoms with van der Waals surface area (Å²) in [6.07, 6.45) is 0.638. The molecule has 1 aliphatic carbocycles. The van der Waals surface area contributed by atoms with Gasteiger partial charge in [0.25, 0.3) is 0 Å². The van der Waals surface area contributed by atoms with Crippen molar-refractivity contribution in [3.05, 3.63) is 70.8 Å². The number of hydrogen-bond acceptors (Lipinski definition) is 2. The summed E-state index contributed by atoms with van der Waals surface area (Å²) in [5.41, 5.74) is 4.53. The van der Waals surface area contributed by atoms with Crippen LogP contribution >= 0.6 is 0 Å². The molecule has 2 aromatic carbocycles. The molecule has 0 bridgehead atoms. The highest BCUT2D eigenvalue weighted by molar-refractivity contribution is 5.92. The molecule has 4 nitrogen and oxygen atoms in total. The van der Waals surface area contributed by atoms with Gasteiger partial charge in [-0.25, -0.2) is 0 Å². The van der Waals surface area contributed by atoms with E-state index < -0.39 is 0 Å². The Kier molecular flexibility index (Phi) is 5.17. The number of carbonyl (C=O) groups is 2. The zero-order chi connectivity index (χ0) is 17.8. The molecule has 0 aromatic heterocycles. The van der Waals surface area contributed by atoms with Gasteiger partial charge in [-0.05, 0) is 31.4 Å². The third-order valence-corrected chi connectivity index (χ3v) is 4.64. The van der Waals surface area contributed by atoms with Crippen molar-refractivity contribution in [3.8, 4) is 0 Å². The zero-order valence-corrected chi connectivity index (χ0v) is 14.7. The Morgan fingerprint density at radius 3 is 1.48 bits per heavy atom. The van der Waals surface area contributed by atoms with Crippen LogP contribution < -0.4 is 10.6 Å². The van der Waals surface area contributed by atoms with Gasteiger partial charge in [0, 0.05) is 13.1 Å². The normalized spacial score (nSPS) is 18.5. The highest BCUT2D eigenvalue weighted by Gasteiger charge is 2.47. The lowest BCUT2D eigenvalue weighted by Gasteiger charge is -2.07. The van der Waals surface area contributed by atoms with Crippen LogP contribution in [0.15, 0.2) is 48.5 Å². The molecule has 0 saturated heterocycles. The Morgan fingerprint density at radius 1 is 0.760 bits per heavy atom. The Balaban J connectivity index is 1.41. The van der Waals surface area contributed by atoms with Crippen molar-refractivity contribution in [3.63, 3.8) is 0 Å². The number of hydrogen-bond donors (Lipinski definition) is 2. The molecule has 2 amide bonds. The van der Waals surface area contributed by atoms with Gasteiger partial charge in [0.05, 0.1) is 11.8 Å². The molecule has 0 aliphatic heterocycles. The van der Waals surface area contributed by atoms with Crippen LogP contribution in [0.4, 0.5) is 0 Å². The topological polar surface area (TPSA) is 58.2 Å². The van der Waals surface area contributed by atoms with E-state index >= 15 is 0 Å². The molecule has 25 heavy (non-hydrogen) atoms. The largest absolute Gasteiger partial charge is 0.352 e. The fourth-order valence-corrected chi connectivity index (χ4v) is 2.83. The van der Waals surface area contributed by atoms with E-state index in [4.69, 9.17) is 0 Å². The molecular weight excluding hydrogens is 312 g/mol. The standard InChI is InChI=1S/C21H24N2O2/c1-14-3-7-16(8-4-14)12-22-20(24)18-11-19(18)21(25)23-13-17-9-5-15(2)6-10-17/h3-10,18-19H,11-13H2,1-2H3,(H,22,24)(H,23,25). The molecule has 1 fully saturated rings. The van der Waals surface area contributed by atoms with Crippen molar-refractivity contribution in [1.29, 1.82) is 0 Å². The summed E-state index contributed by atoms with van der Waals surface area (Å²) in [5, 5.41) is 5.85. The first-order valence-electron chi connectivity index (χ1n) is 8.69. The molecular formula is C21H24N2O2. The third kappa shape index (κ3) is 4.69. The summed E-state index contributed by atoms with van der Waals surface area (Å²) >= 11 is 0. The average Bonchev–Trinajstić information content (AvgIpc) is 3.41. The van der Waals surface area contributed by atoms with Crippen LogP contribution in [0.3, 0.4) is 0 Å². The third-order valence-electron chi connectivity index (χ3n) is 4.64. The first-order valence-corrected chi connectivity index (χ1v) is 8.69. The number of benzene rings is 2. The van der Waals surface area contributed by atoms with Crippen molar-refractivity contribution in [2.45, 2.75) is 33.4 Å². The maximum absolute atomic E-state index is 12.2. The Bertz CT molecular complexity index is 685. The molecule has 2 unspecified atom stereocenters. The van der Waals surface area contributed by atoms with E-state index in [0.29, 0.717) is 19.5 Å². The lowest BCUT2D eigenvalue weighted by Crippen LogP contribution is -2.29. The molecule has 0 spiro atoms. The van der Waals surface area contributed by atoms with Crippen molar-refractivity contribution in [2.24, 2.45) is 11.8 Å². The Morgan fingerprint density at radius 2 is 1.12 bits per heavy atom. The fraction of sp³-hybridized carbons (Fsp3) is 0.333. The number of rotatable bonds is 6. The molecule has 0 radical (unpaired) electrons. The Labute approximate surface area is 148 Å². The highest BCUT2D eigenvalue weighted by atomic mass is 16.2. The van der Waals surface area contributed by atoms with Crippen LogP contribution in [-0.4, -0.2) is 11.8 Å². The lowest BCUT2D eigenvalue weighted by atomic mass is 10.1. The van der Waals surface area contributed by atoms with Gasteiger partial charge in [-0.3, -0.25) is 9.59 Å². The molecule has 1 aliphatic rings. The summed E-state index contributed by atoms with van der Waals surface area (Å²) in [4.78, 5) is 24.4. The van der Waals surface area contributed by atoms with Crippen LogP contribution in [0.25, 0.3) is 0 Å². The second-order valence-electron chi connectivity index (χ2n) is 6.86. The molecule has 2 atom stereocenters. The maximum atomic E-state index is 12.2. The molecule has 2 aromatic rings. The van der Waals surface area contributed by atoms with Gasteiger partial charge in [0.15, 0.2) is 0 Å². The molecule has 130 valence electrons. The van der Waals surface area contributed by atoms with Gasteiger partial charge in [0.2, 0.25) is 11.8 Å². The van der Waals surface area contributed by atoms with Gasteiger partial charge in [-0.2, -0.15) is 0 Å². The van der Waals surface area contributed by atoms with Crippen molar-refractivity contribution in [1.82, 2.24) is 10.6 Å². The number of aryl methyl sites for hydroxylation is 2. The van der Waals surface area contributed by atoms with Crippen molar-refractivity contribution < 1.29 is 9.59 Å². The monoisotopic (exact) mass is 336 g/mol. The van der Waals surface area contributed by atoms with E-state index in [1.807, 2.05) is 62.4 Å². The summed E-state index contributed by atoms with van der Waals surface area (Å²) < 4.78 is 0. The maximum Gasteiger partial charge on any atom is 0.224 e. The average molecular weight is 336 g/mol. The predicted octanol–water partition coefficient (Wildman–Crippen LogP) is 2.87. The van der Waals surface area contributed by atoms with Gasteiger partial charge < -0.3 is 10.6 Å². The minimum Gasteiger partial charge on any atom is -0.352 e. The minimum absolute atomic E-state index is 0.0314. The summed E-state index contributed by atoms with van der Waals surface area (Å²) in [5.74, 6) is -0.445. The van der Waals surface area contributed by atoms with Crippen LogP contribution in [0, 0.1) is 25.7 Å². The van der Waals surface area contributed by atoms with E-state index in [0.717, 1.165) is 11.1 Å². The molecule has 4 heteroatoms. The van der Waals surface area contributed by atoms with Crippen LogP contribution in [0.5, 0.6) is 0 Å². The minimum atomic E-state index is -0.191. The summed E-state index contributed by atoms with van der Waals surface area (Å²) in [6.45, 7) is 5.08. The molecule has 1 saturated carbocycles. The lowest BCUT2D eigenvalue weighted by molar-refractivity contribution is -0.127.